The highest BCUT2D eigenvalue weighted by atomic mass is 35.5. The molecule has 1 saturated heterocycles. The molecule has 2 amide bonds. The molecule has 21 heavy (non-hydrogen) atoms. The van der Waals surface area contributed by atoms with E-state index >= 15 is 0 Å². The molecule has 0 spiro atoms. The molecule has 0 unspecified atom stereocenters. The van der Waals surface area contributed by atoms with Crippen LogP contribution in [-0.2, 0) is 10.0 Å². The van der Waals surface area contributed by atoms with Crippen molar-refractivity contribution >= 4 is 33.3 Å². The molecule has 1 fully saturated rings. The summed E-state index contributed by atoms with van der Waals surface area (Å²) in [5.74, 6) is -0.0823. The summed E-state index contributed by atoms with van der Waals surface area (Å²) in [5, 5.41) is 5.73. The molecule has 2 N–H and O–H groups in total. The molecule has 6 nitrogen and oxygen atoms in total. The summed E-state index contributed by atoms with van der Waals surface area (Å²) in [4.78, 5) is 11.6. The lowest BCUT2D eigenvalue weighted by atomic mass is 10.3. The topological polar surface area (TPSA) is 78.5 Å². The number of hydrogen-bond donors (Lipinski definition) is 2. The molecule has 116 valence electrons. The highest BCUT2D eigenvalue weighted by Gasteiger charge is 2.24. The fraction of sp³-hybridized carbons (Fsp3) is 0.462. The van der Waals surface area contributed by atoms with Crippen molar-refractivity contribution in [3.63, 3.8) is 0 Å². The molecule has 1 heterocycles. The first-order valence-corrected chi connectivity index (χ1v) is 8.74. The SMILES string of the molecule is O=C(NCCS(=O)(=O)N1CCCC1)Nc1ccc(Cl)cc1. The molecular formula is C13H18ClN3O3S. The third-order valence-corrected chi connectivity index (χ3v) is 5.33. The van der Waals surface area contributed by atoms with Crippen LogP contribution in [0.4, 0.5) is 10.5 Å². The number of halogens is 1. The first-order chi connectivity index (χ1) is 9.97. The highest BCUT2D eigenvalue weighted by molar-refractivity contribution is 7.89. The van der Waals surface area contributed by atoms with Crippen LogP contribution in [0, 0.1) is 0 Å². The zero-order valence-electron chi connectivity index (χ0n) is 11.5. The third-order valence-electron chi connectivity index (χ3n) is 3.21. The second kappa shape index (κ2) is 7.11. The summed E-state index contributed by atoms with van der Waals surface area (Å²) in [5.41, 5.74) is 0.597. The summed E-state index contributed by atoms with van der Waals surface area (Å²) >= 11 is 5.74. The summed E-state index contributed by atoms with van der Waals surface area (Å²) in [6.07, 6.45) is 1.81. The Bertz CT molecular complexity index is 583. The van der Waals surface area contributed by atoms with E-state index < -0.39 is 16.1 Å². The van der Waals surface area contributed by atoms with E-state index in [0.29, 0.717) is 23.8 Å². The number of sulfonamides is 1. The lowest BCUT2D eigenvalue weighted by Gasteiger charge is -2.15. The predicted molar refractivity (Wildman–Crippen MR) is 83.1 cm³/mol. The molecule has 1 aromatic rings. The minimum absolute atomic E-state index is 0.0816. The molecular weight excluding hydrogens is 314 g/mol. The van der Waals surface area contributed by atoms with Gasteiger partial charge < -0.3 is 10.6 Å². The van der Waals surface area contributed by atoms with Crippen molar-refractivity contribution in [2.24, 2.45) is 0 Å². The monoisotopic (exact) mass is 331 g/mol. The van der Waals surface area contributed by atoms with Crippen LogP contribution in [0.3, 0.4) is 0 Å². The molecule has 0 radical (unpaired) electrons. The fourth-order valence-corrected chi connectivity index (χ4v) is 3.66. The maximum absolute atomic E-state index is 11.9. The highest BCUT2D eigenvalue weighted by Crippen LogP contribution is 2.14. The van der Waals surface area contributed by atoms with Crippen LogP contribution < -0.4 is 10.6 Å². The molecule has 1 aliphatic heterocycles. The van der Waals surface area contributed by atoms with Crippen molar-refractivity contribution in [2.75, 3.05) is 30.7 Å². The molecule has 0 aliphatic carbocycles. The molecule has 2 rings (SSSR count). The normalized spacial score (nSPS) is 15.9. The van der Waals surface area contributed by atoms with Crippen molar-refractivity contribution < 1.29 is 13.2 Å². The summed E-state index contributed by atoms with van der Waals surface area (Å²) in [6, 6.07) is 6.23. The minimum Gasteiger partial charge on any atom is -0.337 e. The largest absolute Gasteiger partial charge is 0.337 e. The number of carbonyl (C=O) groups is 1. The third kappa shape index (κ3) is 4.87. The zero-order valence-corrected chi connectivity index (χ0v) is 13.1. The van der Waals surface area contributed by atoms with E-state index in [0.717, 1.165) is 12.8 Å². The van der Waals surface area contributed by atoms with E-state index in [9.17, 15) is 13.2 Å². The molecule has 0 saturated carbocycles. The van der Waals surface area contributed by atoms with Crippen molar-refractivity contribution in [1.29, 1.82) is 0 Å². The van der Waals surface area contributed by atoms with Crippen LogP contribution in [0.5, 0.6) is 0 Å². The number of carbonyl (C=O) groups excluding carboxylic acids is 1. The minimum atomic E-state index is -3.26. The Morgan fingerprint density at radius 2 is 1.81 bits per heavy atom. The van der Waals surface area contributed by atoms with Gasteiger partial charge >= 0.3 is 6.03 Å². The van der Waals surface area contributed by atoms with Crippen molar-refractivity contribution in [3.8, 4) is 0 Å². The Hall–Kier alpha value is -1.31. The number of rotatable bonds is 5. The summed E-state index contributed by atoms with van der Waals surface area (Å²) in [6.45, 7) is 1.25. The molecule has 1 aromatic carbocycles. The van der Waals surface area contributed by atoms with Gasteiger partial charge in [-0.3, -0.25) is 0 Å². The number of benzene rings is 1. The molecule has 8 heteroatoms. The lowest BCUT2D eigenvalue weighted by Crippen LogP contribution is -2.37. The fourth-order valence-electron chi connectivity index (χ4n) is 2.10. The lowest BCUT2D eigenvalue weighted by molar-refractivity contribution is 0.252. The van der Waals surface area contributed by atoms with Crippen molar-refractivity contribution in [3.05, 3.63) is 29.3 Å². The molecule has 1 aliphatic rings. The van der Waals surface area contributed by atoms with E-state index in [4.69, 9.17) is 11.6 Å². The first-order valence-electron chi connectivity index (χ1n) is 6.76. The average Bonchev–Trinajstić information content (AvgIpc) is 2.96. The first kappa shape index (κ1) is 16.1. The smallest absolute Gasteiger partial charge is 0.319 e. The number of urea groups is 1. The number of nitrogens with one attached hydrogen (secondary N) is 2. The van der Waals surface area contributed by atoms with E-state index in [-0.39, 0.29) is 12.3 Å². The van der Waals surface area contributed by atoms with Gasteiger partial charge in [0.25, 0.3) is 0 Å². The van der Waals surface area contributed by atoms with Gasteiger partial charge in [-0.2, -0.15) is 0 Å². The van der Waals surface area contributed by atoms with E-state index in [1.807, 2.05) is 0 Å². The number of anilines is 1. The van der Waals surface area contributed by atoms with Gasteiger partial charge in [0.15, 0.2) is 0 Å². The van der Waals surface area contributed by atoms with Crippen LogP contribution in [-0.4, -0.2) is 44.1 Å². The van der Waals surface area contributed by atoms with Gasteiger partial charge in [0, 0.05) is 30.3 Å². The van der Waals surface area contributed by atoms with Gasteiger partial charge in [-0.1, -0.05) is 11.6 Å². The van der Waals surface area contributed by atoms with E-state index in [2.05, 4.69) is 10.6 Å². The molecule has 0 aromatic heterocycles. The number of hydrogen-bond acceptors (Lipinski definition) is 3. The Morgan fingerprint density at radius 1 is 1.19 bits per heavy atom. The zero-order chi connectivity index (χ0) is 15.3. The quantitative estimate of drug-likeness (QED) is 0.864. The predicted octanol–water partition coefficient (Wildman–Crippen LogP) is 1.89. The van der Waals surface area contributed by atoms with Crippen LogP contribution >= 0.6 is 11.6 Å². The van der Waals surface area contributed by atoms with Gasteiger partial charge in [0.1, 0.15) is 0 Å². The van der Waals surface area contributed by atoms with E-state index in [1.165, 1.54) is 4.31 Å². The van der Waals surface area contributed by atoms with Gasteiger partial charge in [-0.05, 0) is 37.1 Å². The maximum atomic E-state index is 11.9. The van der Waals surface area contributed by atoms with Crippen LogP contribution in [0.1, 0.15) is 12.8 Å². The van der Waals surface area contributed by atoms with E-state index in [1.54, 1.807) is 24.3 Å². The van der Waals surface area contributed by atoms with Gasteiger partial charge in [-0.25, -0.2) is 17.5 Å². The average molecular weight is 332 g/mol. The van der Waals surface area contributed by atoms with Gasteiger partial charge in [0.05, 0.1) is 5.75 Å². The van der Waals surface area contributed by atoms with Crippen LogP contribution in [0.15, 0.2) is 24.3 Å². The summed E-state index contributed by atoms with van der Waals surface area (Å²) < 4.78 is 25.4. The number of amides is 2. The maximum Gasteiger partial charge on any atom is 0.319 e. The van der Waals surface area contributed by atoms with Crippen LogP contribution in [0.25, 0.3) is 0 Å². The Labute approximate surface area is 129 Å². The van der Waals surface area contributed by atoms with Crippen molar-refractivity contribution in [1.82, 2.24) is 9.62 Å². The van der Waals surface area contributed by atoms with Crippen molar-refractivity contribution in [2.45, 2.75) is 12.8 Å². The Kier molecular flexibility index (Phi) is 5.44. The van der Waals surface area contributed by atoms with Gasteiger partial charge in [-0.15, -0.1) is 0 Å². The Morgan fingerprint density at radius 3 is 2.43 bits per heavy atom. The standard InChI is InChI=1S/C13H18ClN3O3S/c14-11-3-5-12(6-4-11)16-13(18)15-7-10-21(19,20)17-8-1-2-9-17/h3-6H,1-2,7-10H2,(H2,15,16,18). The second-order valence-corrected chi connectivity index (χ2v) is 7.33. The van der Waals surface area contributed by atoms with Gasteiger partial charge in [0.2, 0.25) is 10.0 Å². The Balaban J connectivity index is 1.75. The molecule has 0 atom stereocenters. The number of nitrogens with zero attached hydrogens (tertiary/aromatic N) is 1. The summed E-state index contributed by atoms with van der Waals surface area (Å²) in [7, 11) is -3.26. The second-order valence-electron chi connectivity index (χ2n) is 4.81. The molecule has 0 bridgehead atoms. The van der Waals surface area contributed by atoms with Crippen LogP contribution in [0.2, 0.25) is 5.02 Å².